The van der Waals surface area contributed by atoms with Crippen molar-refractivity contribution in [1.82, 2.24) is 9.13 Å². The highest BCUT2D eigenvalue weighted by atomic mass is 16.5. The van der Waals surface area contributed by atoms with Crippen molar-refractivity contribution >= 4 is 67.4 Å². The van der Waals surface area contributed by atoms with Crippen molar-refractivity contribution < 1.29 is 28.7 Å². The molecule has 0 spiro atoms. The summed E-state index contributed by atoms with van der Waals surface area (Å²) in [5, 5.41) is 1.37. The van der Waals surface area contributed by atoms with Gasteiger partial charge in [-0.2, -0.15) is 0 Å². The van der Waals surface area contributed by atoms with Gasteiger partial charge in [0.25, 0.3) is 0 Å². The fourth-order valence-corrected chi connectivity index (χ4v) is 7.38. The number of ether oxygens (including phenoxy) is 2. The zero-order chi connectivity index (χ0) is 38.8. The summed E-state index contributed by atoms with van der Waals surface area (Å²) in [4.78, 5) is 79.3. The molecule has 54 heavy (non-hydrogen) atoms. The molecule has 0 amide bonds. The molecule has 286 valence electrons. The number of aromatic nitrogens is 2. The average Bonchev–Trinajstić information content (AvgIpc) is 3.16. The molecule has 5 rings (SSSR count). The third-order valence-electron chi connectivity index (χ3n) is 10.4. The molecule has 0 fully saturated rings. The maximum absolute atomic E-state index is 14.2. The molecule has 10 nitrogen and oxygen atoms in total. The van der Waals surface area contributed by atoms with Crippen LogP contribution in [0, 0.1) is 13.8 Å². The molecular formula is C44H52N2O8. The molecule has 0 aliphatic rings. The van der Waals surface area contributed by atoms with E-state index in [2.05, 4.69) is 0 Å². The number of aryl methyl sites for hydroxylation is 2. The number of carbonyl (C=O) groups is 4. The molecule has 0 unspecified atom stereocenters. The number of fused-ring (bicyclic) bond motifs is 4. The first-order valence-electron chi connectivity index (χ1n) is 19.3. The molecule has 0 bridgehead atoms. The van der Waals surface area contributed by atoms with Gasteiger partial charge in [-0.3, -0.25) is 37.9 Å². The van der Waals surface area contributed by atoms with Crippen molar-refractivity contribution in [3.63, 3.8) is 0 Å². The molecule has 0 radical (unpaired) electrons. The lowest BCUT2D eigenvalue weighted by molar-refractivity contribution is -0.141. The second-order valence-electron chi connectivity index (χ2n) is 14.4. The lowest BCUT2D eigenvalue weighted by Crippen LogP contribution is -2.21. The second-order valence-corrected chi connectivity index (χ2v) is 14.4. The monoisotopic (exact) mass is 736 g/mol. The van der Waals surface area contributed by atoms with Crippen molar-refractivity contribution in [3.05, 3.63) is 80.1 Å². The summed E-state index contributed by atoms with van der Waals surface area (Å²) >= 11 is 0. The van der Waals surface area contributed by atoms with E-state index in [-0.39, 0.29) is 58.2 Å². The van der Waals surface area contributed by atoms with Crippen LogP contribution in [0.4, 0.5) is 0 Å². The van der Waals surface area contributed by atoms with Gasteiger partial charge in [0.2, 0.25) is 11.8 Å². The highest BCUT2D eigenvalue weighted by molar-refractivity contribution is 6.10. The summed E-state index contributed by atoms with van der Waals surface area (Å²) in [5.74, 6) is -0.744. The van der Waals surface area contributed by atoms with E-state index >= 15 is 0 Å². The third kappa shape index (κ3) is 9.32. The van der Waals surface area contributed by atoms with Gasteiger partial charge in [-0.25, -0.2) is 0 Å². The van der Waals surface area contributed by atoms with E-state index < -0.39 is 0 Å². The lowest BCUT2D eigenvalue weighted by Gasteiger charge is -2.18. The van der Waals surface area contributed by atoms with Crippen LogP contribution >= 0.6 is 0 Å². The van der Waals surface area contributed by atoms with Crippen LogP contribution in [-0.2, 0) is 19.1 Å². The zero-order valence-corrected chi connectivity index (χ0v) is 32.1. The van der Waals surface area contributed by atoms with E-state index in [1.54, 1.807) is 45.5 Å². The van der Waals surface area contributed by atoms with Gasteiger partial charge < -0.3 is 9.47 Å². The number of hydrogen-bond acceptors (Lipinski definition) is 8. The summed E-state index contributed by atoms with van der Waals surface area (Å²) in [6.07, 6.45) is 11.5. The largest absolute Gasteiger partial charge is 0.469 e. The molecule has 5 aromatic rings. The quantitative estimate of drug-likeness (QED) is 0.0495. The Labute approximate surface area is 315 Å². The Kier molecular flexibility index (Phi) is 13.9. The van der Waals surface area contributed by atoms with Crippen LogP contribution in [0.25, 0.3) is 43.6 Å². The first kappa shape index (κ1) is 40.1. The third-order valence-corrected chi connectivity index (χ3v) is 10.4. The smallest absolute Gasteiger partial charge is 0.305 e. The van der Waals surface area contributed by atoms with Crippen molar-refractivity contribution in [1.29, 1.82) is 0 Å². The topological polar surface area (TPSA) is 131 Å². The van der Waals surface area contributed by atoms with Crippen LogP contribution in [0.2, 0.25) is 0 Å². The first-order valence-corrected chi connectivity index (χ1v) is 19.3. The number of unbranched alkanes of at least 4 members (excludes halogenated alkanes) is 10. The number of methoxy groups -OCH3 is 2. The van der Waals surface area contributed by atoms with Crippen LogP contribution < -0.4 is 10.9 Å². The number of pyridine rings is 2. The molecule has 0 aliphatic carbocycles. The van der Waals surface area contributed by atoms with Crippen molar-refractivity contribution in [2.24, 2.45) is 0 Å². The zero-order valence-electron chi connectivity index (χ0n) is 32.1. The predicted molar refractivity (Wildman–Crippen MR) is 214 cm³/mol. The van der Waals surface area contributed by atoms with Crippen LogP contribution in [0.5, 0.6) is 0 Å². The van der Waals surface area contributed by atoms with E-state index in [1.165, 1.54) is 14.2 Å². The first-order chi connectivity index (χ1) is 26.0. The van der Waals surface area contributed by atoms with Crippen LogP contribution in [0.3, 0.4) is 0 Å². The molecule has 2 aromatic heterocycles. The number of nitrogens with zero attached hydrogens (tertiary/aromatic N) is 2. The standard InChI is InChI=1S/C44H52N2O8/c1-29-21-23-35-31(25-29)43(51)33-27-38-34(28-37(33)45(35)39(47)17-13-9-5-7-11-15-19-41(49)53-3)44(52)32-26-30(2)22-24-36(32)46(38)40(48)18-14-10-6-8-12-16-20-42(50)54-4/h21-28H,5-20H2,1-4H3. The Morgan fingerprint density at radius 3 is 1.11 bits per heavy atom. The van der Waals surface area contributed by atoms with Gasteiger partial charge in [0.05, 0.1) is 36.3 Å². The van der Waals surface area contributed by atoms with Crippen LogP contribution in [-0.4, -0.2) is 47.1 Å². The summed E-state index contributed by atoms with van der Waals surface area (Å²) in [6.45, 7) is 3.79. The van der Waals surface area contributed by atoms with Crippen molar-refractivity contribution in [2.45, 2.75) is 117 Å². The Hall–Kier alpha value is -5.12. The van der Waals surface area contributed by atoms with E-state index in [4.69, 9.17) is 9.47 Å². The maximum atomic E-state index is 14.2. The molecule has 0 N–H and O–H groups in total. The molecule has 0 saturated heterocycles. The Morgan fingerprint density at radius 2 is 0.759 bits per heavy atom. The molecule has 0 saturated carbocycles. The van der Waals surface area contributed by atoms with Gasteiger partial charge in [0.15, 0.2) is 10.9 Å². The van der Waals surface area contributed by atoms with Gasteiger partial charge in [-0.05, 0) is 75.9 Å². The van der Waals surface area contributed by atoms with Crippen molar-refractivity contribution in [2.75, 3.05) is 14.2 Å². The van der Waals surface area contributed by atoms with Crippen LogP contribution in [0.1, 0.15) is 123 Å². The fourth-order valence-electron chi connectivity index (χ4n) is 7.38. The molecule has 0 aliphatic heterocycles. The second kappa shape index (κ2) is 18.8. The Balaban J connectivity index is 1.48. The predicted octanol–water partition coefficient (Wildman–Crippen LogP) is 9.11. The minimum Gasteiger partial charge on any atom is -0.469 e. The van der Waals surface area contributed by atoms with Gasteiger partial charge in [-0.1, -0.05) is 74.6 Å². The number of hydrogen-bond donors (Lipinski definition) is 0. The minimum atomic E-state index is -0.260. The van der Waals surface area contributed by atoms with E-state index in [0.717, 1.165) is 75.3 Å². The SMILES string of the molecule is COC(=O)CCCCCCCCC(=O)n1c2ccc(C)cc2c(=O)c2cc3c(cc21)c(=O)c1cc(C)ccc1n3C(=O)CCCCCCCCC(=O)OC. The maximum Gasteiger partial charge on any atom is 0.305 e. The molecule has 2 heterocycles. The molecule has 10 heteroatoms. The number of benzene rings is 3. The summed E-state index contributed by atoms with van der Waals surface area (Å²) < 4.78 is 12.6. The lowest BCUT2D eigenvalue weighted by atomic mass is 10.0. The van der Waals surface area contributed by atoms with Gasteiger partial charge in [0.1, 0.15) is 0 Å². The Bertz CT molecular complexity index is 2150. The van der Waals surface area contributed by atoms with E-state index in [9.17, 15) is 28.8 Å². The Morgan fingerprint density at radius 1 is 0.444 bits per heavy atom. The van der Waals surface area contributed by atoms with Gasteiger partial charge in [-0.15, -0.1) is 0 Å². The fraction of sp³-hybridized carbons (Fsp3) is 0.455. The molecule has 3 aromatic carbocycles. The normalized spacial score (nSPS) is 11.5. The van der Waals surface area contributed by atoms with Crippen LogP contribution in [0.15, 0.2) is 58.1 Å². The number of esters is 2. The minimum absolute atomic E-state index is 0.169. The molecular weight excluding hydrogens is 684 g/mol. The van der Waals surface area contributed by atoms with Gasteiger partial charge in [0, 0.05) is 47.2 Å². The number of rotatable bonds is 18. The average molecular weight is 737 g/mol. The highest BCUT2D eigenvalue weighted by Crippen LogP contribution is 2.28. The molecule has 0 atom stereocenters. The summed E-state index contributed by atoms with van der Waals surface area (Å²) in [7, 11) is 2.78. The van der Waals surface area contributed by atoms with E-state index in [1.807, 2.05) is 26.0 Å². The summed E-state index contributed by atoms with van der Waals surface area (Å²) in [6, 6.07) is 14.2. The highest BCUT2D eigenvalue weighted by Gasteiger charge is 2.22. The van der Waals surface area contributed by atoms with Gasteiger partial charge >= 0.3 is 11.9 Å². The van der Waals surface area contributed by atoms with Crippen molar-refractivity contribution in [3.8, 4) is 0 Å². The number of carbonyl (C=O) groups excluding carboxylic acids is 4. The summed E-state index contributed by atoms with van der Waals surface area (Å²) in [5.41, 5.74) is 2.92. The van der Waals surface area contributed by atoms with E-state index in [0.29, 0.717) is 58.5 Å².